The molecule has 0 bridgehead atoms. The lowest BCUT2D eigenvalue weighted by molar-refractivity contribution is 0.327. The minimum Gasteiger partial charge on any atom is -0.0622 e. The minimum atomic E-state index is 0.237. The summed E-state index contributed by atoms with van der Waals surface area (Å²) in [5.41, 5.74) is 3.54. The summed E-state index contributed by atoms with van der Waals surface area (Å²) in [5.74, 6) is 0.727. The molecule has 0 amide bonds. The highest BCUT2D eigenvalue weighted by Gasteiger charge is 2.60. The van der Waals surface area contributed by atoms with E-state index in [0.29, 0.717) is 5.41 Å². The Hall–Kier alpha value is -1.56. The molecule has 0 radical (unpaired) electrons. The first-order valence-electron chi connectivity index (χ1n) is 7.16. The maximum Gasteiger partial charge on any atom is 0.0239 e. The number of rotatable bonds is 2. The molecular formula is C19H22. The van der Waals surface area contributed by atoms with E-state index in [1.165, 1.54) is 17.5 Å². The Bertz CT molecular complexity index is 506. The van der Waals surface area contributed by atoms with E-state index in [0.717, 1.165) is 5.92 Å². The van der Waals surface area contributed by atoms with Crippen molar-refractivity contribution in [2.45, 2.75) is 32.6 Å². The Morgan fingerprint density at radius 1 is 0.789 bits per heavy atom. The van der Waals surface area contributed by atoms with Gasteiger partial charge in [-0.3, -0.25) is 0 Å². The molecule has 0 nitrogen and oxygen atoms in total. The van der Waals surface area contributed by atoms with Crippen LogP contribution in [-0.2, 0) is 5.41 Å². The molecule has 0 heteroatoms. The second-order valence-corrected chi connectivity index (χ2v) is 6.83. The molecule has 0 heterocycles. The summed E-state index contributed by atoms with van der Waals surface area (Å²) in [4.78, 5) is 0. The van der Waals surface area contributed by atoms with Crippen molar-refractivity contribution in [2.75, 3.05) is 0 Å². The van der Waals surface area contributed by atoms with Crippen LogP contribution in [0.15, 0.2) is 60.7 Å². The topological polar surface area (TPSA) is 0 Å². The number of hydrogen-bond donors (Lipinski definition) is 0. The van der Waals surface area contributed by atoms with E-state index in [9.17, 15) is 0 Å². The third-order valence-corrected chi connectivity index (χ3v) is 4.58. The molecule has 1 atom stereocenters. The maximum absolute atomic E-state index is 2.37. The summed E-state index contributed by atoms with van der Waals surface area (Å²) >= 11 is 0. The average Bonchev–Trinajstić information content (AvgIpc) is 3.18. The number of benzene rings is 2. The van der Waals surface area contributed by atoms with E-state index in [-0.39, 0.29) is 5.41 Å². The molecule has 0 spiro atoms. The second kappa shape index (κ2) is 4.23. The Morgan fingerprint density at radius 3 is 1.53 bits per heavy atom. The summed E-state index contributed by atoms with van der Waals surface area (Å²) in [7, 11) is 0. The van der Waals surface area contributed by atoms with Gasteiger partial charge in [-0.2, -0.15) is 0 Å². The van der Waals surface area contributed by atoms with Crippen molar-refractivity contribution in [1.29, 1.82) is 0 Å². The van der Waals surface area contributed by atoms with Crippen LogP contribution in [0.2, 0.25) is 0 Å². The van der Waals surface area contributed by atoms with E-state index >= 15 is 0 Å². The number of hydrogen-bond acceptors (Lipinski definition) is 0. The smallest absolute Gasteiger partial charge is 0.0239 e. The SMILES string of the molecule is CC(C)(C)C1CC1(c1ccccc1)c1ccccc1. The summed E-state index contributed by atoms with van der Waals surface area (Å²) in [6.07, 6.45) is 1.27. The van der Waals surface area contributed by atoms with Crippen LogP contribution >= 0.6 is 0 Å². The Kier molecular flexibility index (Phi) is 2.78. The van der Waals surface area contributed by atoms with Gasteiger partial charge >= 0.3 is 0 Å². The molecule has 2 aromatic rings. The van der Waals surface area contributed by atoms with Crippen molar-refractivity contribution in [1.82, 2.24) is 0 Å². The summed E-state index contributed by atoms with van der Waals surface area (Å²) < 4.78 is 0. The Morgan fingerprint density at radius 2 is 1.21 bits per heavy atom. The first kappa shape index (κ1) is 12.5. The molecule has 3 rings (SSSR count). The van der Waals surface area contributed by atoms with Crippen molar-refractivity contribution in [3.05, 3.63) is 71.8 Å². The largest absolute Gasteiger partial charge is 0.0622 e. The van der Waals surface area contributed by atoms with Crippen LogP contribution in [0, 0.1) is 11.3 Å². The lowest BCUT2D eigenvalue weighted by Crippen LogP contribution is -2.20. The van der Waals surface area contributed by atoms with Gasteiger partial charge in [-0.25, -0.2) is 0 Å². The van der Waals surface area contributed by atoms with Gasteiger partial charge in [0.1, 0.15) is 0 Å². The van der Waals surface area contributed by atoms with Crippen LogP contribution in [0.5, 0.6) is 0 Å². The van der Waals surface area contributed by atoms with Gasteiger partial charge in [0, 0.05) is 5.41 Å². The standard InChI is InChI=1S/C19H22/c1-18(2,3)17-14-19(17,15-10-6-4-7-11-15)16-12-8-5-9-13-16/h4-13,17H,14H2,1-3H3. The molecule has 2 aromatic carbocycles. The van der Waals surface area contributed by atoms with E-state index < -0.39 is 0 Å². The fraction of sp³-hybridized carbons (Fsp3) is 0.368. The fourth-order valence-corrected chi connectivity index (χ4v) is 3.58. The Labute approximate surface area is 116 Å². The normalized spacial score (nSPS) is 21.1. The second-order valence-electron chi connectivity index (χ2n) is 6.83. The Balaban J connectivity index is 2.10. The van der Waals surface area contributed by atoms with Crippen molar-refractivity contribution in [3.63, 3.8) is 0 Å². The third-order valence-electron chi connectivity index (χ3n) is 4.58. The molecule has 1 aliphatic carbocycles. The molecule has 98 valence electrons. The van der Waals surface area contributed by atoms with Crippen molar-refractivity contribution < 1.29 is 0 Å². The molecule has 19 heavy (non-hydrogen) atoms. The van der Waals surface area contributed by atoms with Crippen molar-refractivity contribution in [2.24, 2.45) is 11.3 Å². The van der Waals surface area contributed by atoms with Gasteiger partial charge in [0.15, 0.2) is 0 Å². The first-order chi connectivity index (χ1) is 9.05. The lowest BCUT2D eigenvalue weighted by Gasteiger charge is -2.26. The average molecular weight is 250 g/mol. The van der Waals surface area contributed by atoms with Gasteiger partial charge in [0.05, 0.1) is 0 Å². The van der Waals surface area contributed by atoms with Crippen LogP contribution in [0.4, 0.5) is 0 Å². The quantitative estimate of drug-likeness (QED) is 0.700. The highest BCUT2D eigenvalue weighted by atomic mass is 14.6. The minimum absolute atomic E-state index is 0.237. The van der Waals surface area contributed by atoms with Crippen molar-refractivity contribution in [3.8, 4) is 0 Å². The van der Waals surface area contributed by atoms with E-state index in [1.54, 1.807) is 0 Å². The van der Waals surface area contributed by atoms with Gasteiger partial charge in [-0.05, 0) is 28.9 Å². The predicted octanol–water partition coefficient (Wildman–Crippen LogP) is 5.04. The molecule has 0 aliphatic heterocycles. The predicted molar refractivity (Wildman–Crippen MR) is 81.2 cm³/mol. The molecular weight excluding hydrogens is 228 g/mol. The van der Waals surface area contributed by atoms with E-state index in [2.05, 4.69) is 81.4 Å². The molecule has 1 unspecified atom stereocenters. The van der Waals surface area contributed by atoms with Gasteiger partial charge < -0.3 is 0 Å². The third kappa shape index (κ3) is 2.00. The molecule has 0 aromatic heterocycles. The van der Waals surface area contributed by atoms with Crippen LogP contribution in [-0.4, -0.2) is 0 Å². The monoisotopic (exact) mass is 250 g/mol. The molecule has 0 N–H and O–H groups in total. The zero-order chi connectivity index (χ0) is 13.5. The van der Waals surface area contributed by atoms with Gasteiger partial charge in [0.2, 0.25) is 0 Å². The van der Waals surface area contributed by atoms with Crippen LogP contribution in [0.1, 0.15) is 38.3 Å². The van der Waals surface area contributed by atoms with Gasteiger partial charge in [-0.1, -0.05) is 81.4 Å². The fourth-order valence-electron chi connectivity index (χ4n) is 3.58. The highest BCUT2D eigenvalue weighted by molar-refractivity contribution is 5.47. The zero-order valence-electron chi connectivity index (χ0n) is 12.1. The molecule has 1 fully saturated rings. The van der Waals surface area contributed by atoms with Gasteiger partial charge in [0.25, 0.3) is 0 Å². The van der Waals surface area contributed by atoms with Crippen LogP contribution in [0.3, 0.4) is 0 Å². The van der Waals surface area contributed by atoms with Crippen molar-refractivity contribution >= 4 is 0 Å². The van der Waals surface area contributed by atoms with E-state index in [1.807, 2.05) is 0 Å². The summed E-state index contributed by atoms with van der Waals surface area (Å²) in [6.45, 7) is 7.10. The molecule has 0 saturated heterocycles. The van der Waals surface area contributed by atoms with Crippen LogP contribution < -0.4 is 0 Å². The molecule has 1 saturated carbocycles. The lowest BCUT2D eigenvalue weighted by atomic mass is 9.78. The first-order valence-corrected chi connectivity index (χ1v) is 7.16. The highest BCUT2D eigenvalue weighted by Crippen LogP contribution is 2.65. The summed E-state index contributed by atoms with van der Waals surface area (Å²) in [6, 6.07) is 22.0. The maximum atomic E-state index is 2.37. The zero-order valence-corrected chi connectivity index (χ0v) is 12.1. The van der Waals surface area contributed by atoms with Gasteiger partial charge in [-0.15, -0.1) is 0 Å². The molecule has 1 aliphatic rings. The van der Waals surface area contributed by atoms with Crippen LogP contribution in [0.25, 0.3) is 0 Å². The summed E-state index contributed by atoms with van der Waals surface area (Å²) in [5, 5.41) is 0. The van der Waals surface area contributed by atoms with E-state index in [4.69, 9.17) is 0 Å².